The molecule has 0 unspecified atom stereocenters. The number of amides is 3. The summed E-state index contributed by atoms with van der Waals surface area (Å²) in [5.41, 5.74) is 0. The monoisotopic (exact) mass is 478 g/mol. The first-order valence-corrected chi connectivity index (χ1v) is 10.00. The van der Waals surface area contributed by atoms with E-state index < -0.39 is 98.8 Å². The zero-order valence-electron chi connectivity index (χ0n) is 17.1. The molecule has 15 nitrogen and oxygen atoms in total. The third-order valence-corrected chi connectivity index (χ3v) is 5.51. The molecule has 2 fully saturated rings. The molecule has 0 radical (unpaired) electrons. The molecule has 0 aromatic rings. The lowest BCUT2D eigenvalue weighted by Gasteiger charge is -2.46. The normalized spacial score (nSPS) is 41.5. The third kappa shape index (κ3) is 5.22. The number of rotatable bonds is 7. The minimum atomic E-state index is -1.82. The highest BCUT2D eigenvalue weighted by Gasteiger charge is 2.50. The number of carbonyl (C=O) groups excluding carboxylic acids is 3. The van der Waals surface area contributed by atoms with E-state index >= 15 is 0 Å². The number of hydrogen-bond acceptors (Lipinski definition) is 13. The van der Waals surface area contributed by atoms with Gasteiger partial charge < -0.3 is 55.3 Å². The van der Waals surface area contributed by atoms with Gasteiger partial charge in [0, 0.05) is 12.2 Å². The molecule has 0 aromatic carbocycles. The van der Waals surface area contributed by atoms with E-state index in [0.717, 1.165) is 12.2 Å². The van der Waals surface area contributed by atoms with E-state index in [1.54, 1.807) is 0 Å². The van der Waals surface area contributed by atoms with Crippen molar-refractivity contribution in [2.75, 3.05) is 19.8 Å². The van der Waals surface area contributed by atoms with Crippen molar-refractivity contribution in [1.29, 1.82) is 0 Å². The maximum Gasteiger partial charge on any atom is 0.254 e. The summed E-state index contributed by atoms with van der Waals surface area (Å²) >= 11 is 0. The van der Waals surface area contributed by atoms with E-state index in [1.165, 1.54) is 0 Å². The lowest BCUT2D eigenvalue weighted by atomic mass is 9.96. The van der Waals surface area contributed by atoms with Crippen molar-refractivity contribution in [2.24, 2.45) is 0 Å². The van der Waals surface area contributed by atoms with Gasteiger partial charge in [-0.15, -0.1) is 0 Å². The summed E-state index contributed by atoms with van der Waals surface area (Å²) in [4.78, 5) is 36.0. The van der Waals surface area contributed by atoms with Crippen LogP contribution in [0.2, 0.25) is 0 Å². The quantitative estimate of drug-likeness (QED) is 0.159. The summed E-state index contributed by atoms with van der Waals surface area (Å²) in [6.07, 6.45) is -14.4. The number of hydrogen-bond donors (Lipinski definition) is 8. The highest BCUT2D eigenvalue weighted by molar-refractivity contribution is 6.14. The summed E-state index contributed by atoms with van der Waals surface area (Å²) in [7, 11) is 0. The van der Waals surface area contributed by atoms with Crippen LogP contribution in [0.5, 0.6) is 0 Å². The van der Waals surface area contributed by atoms with Crippen molar-refractivity contribution in [3.63, 3.8) is 0 Å². The van der Waals surface area contributed by atoms with Crippen LogP contribution in [0.15, 0.2) is 12.2 Å². The van der Waals surface area contributed by atoms with Gasteiger partial charge in [-0.05, 0) is 0 Å². The molecule has 3 amide bonds. The molecule has 3 rings (SSSR count). The fourth-order valence-electron chi connectivity index (χ4n) is 3.64. The number of ether oxygens (including phenoxy) is 3. The van der Waals surface area contributed by atoms with Gasteiger partial charge in [-0.1, -0.05) is 0 Å². The number of nitrogens with zero attached hydrogens (tertiary/aromatic N) is 1. The number of aliphatic hydroxyl groups excluding tert-OH is 7. The predicted molar refractivity (Wildman–Crippen MR) is 100 cm³/mol. The molecule has 15 heteroatoms. The lowest BCUT2D eigenvalue weighted by Crippen LogP contribution is -2.67. The zero-order valence-corrected chi connectivity index (χ0v) is 17.1. The summed E-state index contributed by atoms with van der Waals surface area (Å²) in [5.74, 6) is -2.32. The van der Waals surface area contributed by atoms with Crippen LogP contribution in [0.3, 0.4) is 0 Å². The molecule has 33 heavy (non-hydrogen) atoms. The van der Waals surface area contributed by atoms with Crippen LogP contribution in [-0.4, -0.2) is 139 Å². The van der Waals surface area contributed by atoms with Gasteiger partial charge in [0.25, 0.3) is 11.8 Å². The molecule has 0 spiro atoms. The predicted octanol–water partition coefficient (Wildman–Crippen LogP) is -6.35. The Labute approximate surface area is 186 Å². The second-order valence-electron chi connectivity index (χ2n) is 7.72. The Balaban J connectivity index is 1.64. The van der Waals surface area contributed by atoms with Crippen LogP contribution in [0.4, 0.5) is 0 Å². The molecule has 0 aliphatic carbocycles. The van der Waals surface area contributed by atoms with Gasteiger partial charge in [-0.25, -0.2) is 0 Å². The largest absolute Gasteiger partial charge is 0.394 e. The molecular formula is C18H26N2O13. The average Bonchev–Trinajstić information content (AvgIpc) is 3.10. The number of carbonyl (C=O) groups is 3. The van der Waals surface area contributed by atoms with Crippen molar-refractivity contribution in [3.05, 3.63) is 12.2 Å². The molecule has 3 aliphatic heterocycles. The first kappa shape index (κ1) is 25.6. The maximum absolute atomic E-state index is 12.2. The van der Waals surface area contributed by atoms with E-state index in [4.69, 9.17) is 14.2 Å². The van der Waals surface area contributed by atoms with Gasteiger partial charge in [-0.2, -0.15) is 0 Å². The Kier molecular flexibility index (Phi) is 8.12. The van der Waals surface area contributed by atoms with Gasteiger partial charge in [0.1, 0.15) is 55.4 Å². The van der Waals surface area contributed by atoms with Gasteiger partial charge in [-0.3, -0.25) is 19.3 Å². The fourth-order valence-corrected chi connectivity index (χ4v) is 3.64. The van der Waals surface area contributed by atoms with E-state index in [9.17, 15) is 50.1 Å². The number of imide groups is 1. The van der Waals surface area contributed by atoms with E-state index in [1.807, 2.05) is 0 Å². The highest BCUT2D eigenvalue weighted by Crippen LogP contribution is 2.28. The Morgan fingerprint density at radius 3 is 2.06 bits per heavy atom. The maximum atomic E-state index is 12.2. The summed E-state index contributed by atoms with van der Waals surface area (Å²) < 4.78 is 16.0. The minimum Gasteiger partial charge on any atom is -0.394 e. The Morgan fingerprint density at radius 1 is 0.879 bits per heavy atom. The molecule has 8 N–H and O–H groups in total. The Bertz CT molecular complexity index is 756. The van der Waals surface area contributed by atoms with Crippen molar-refractivity contribution in [1.82, 2.24) is 10.2 Å². The summed E-state index contributed by atoms with van der Waals surface area (Å²) in [5, 5.41) is 71.8. The fraction of sp³-hybridized carbons (Fsp3) is 0.722. The second-order valence-corrected chi connectivity index (χ2v) is 7.72. The van der Waals surface area contributed by atoms with Crippen LogP contribution in [0.25, 0.3) is 0 Å². The average molecular weight is 478 g/mol. The number of aliphatic hydroxyl groups is 7. The van der Waals surface area contributed by atoms with E-state index in [-0.39, 0.29) is 0 Å². The molecule has 10 atom stereocenters. The third-order valence-electron chi connectivity index (χ3n) is 5.51. The van der Waals surface area contributed by atoms with Gasteiger partial charge in [0.15, 0.2) is 12.5 Å². The standard InChI is InChI=1S/C18H26N2O13/c21-4-6-11(26)12(27)15(30)18(32-6)33-16-7(5-22)31-17(14(29)13(16)28)19-8(23)3-20-9(24)1-2-10(20)25/h1-2,6-7,11-18,21-22,26-30H,3-5H2,(H,19,23)/t6-,7-,11-,12+,13-,14-,15-,16-,17-,18+/m1/s1. The van der Waals surface area contributed by atoms with E-state index in [2.05, 4.69) is 5.32 Å². The zero-order chi connectivity index (χ0) is 24.4. The first-order valence-electron chi connectivity index (χ1n) is 10.00. The molecule has 2 saturated heterocycles. The smallest absolute Gasteiger partial charge is 0.254 e. The van der Waals surface area contributed by atoms with Crippen LogP contribution in [-0.2, 0) is 28.6 Å². The van der Waals surface area contributed by atoms with E-state index in [0.29, 0.717) is 4.90 Å². The van der Waals surface area contributed by atoms with Crippen molar-refractivity contribution in [3.8, 4) is 0 Å². The Morgan fingerprint density at radius 2 is 1.48 bits per heavy atom. The van der Waals surface area contributed by atoms with Crippen LogP contribution in [0.1, 0.15) is 0 Å². The van der Waals surface area contributed by atoms with Crippen molar-refractivity contribution in [2.45, 2.75) is 61.3 Å². The highest BCUT2D eigenvalue weighted by atomic mass is 16.7. The lowest BCUT2D eigenvalue weighted by molar-refractivity contribution is -0.343. The molecular weight excluding hydrogens is 452 g/mol. The summed E-state index contributed by atoms with van der Waals surface area (Å²) in [6, 6.07) is 0. The van der Waals surface area contributed by atoms with Crippen molar-refractivity contribution < 1.29 is 64.3 Å². The van der Waals surface area contributed by atoms with Crippen molar-refractivity contribution >= 4 is 17.7 Å². The summed E-state index contributed by atoms with van der Waals surface area (Å²) in [6.45, 7) is -2.20. The van der Waals surface area contributed by atoms with Crippen LogP contribution in [0, 0.1) is 0 Å². The molecule has 3 aliphatic rings. The van der Waals surface area contributed by atoms with Gasteiger partial charge in [0.05, 0.1) is 13.2 Å². The SMILES string of the molecule is O=C(CN1C(=O)C=CC1=O)N[C@@H]1O[C@H](CO)[C@@H](O[C@@H]2O[C@H](CO)[C@@H](O)[C@H](O)[C@H]2O)[C@H](O)[C@H]1O. The number of nitrogens with one attached hydrogen (secondary N) is 1. The molecule has 0 bridgehead atoms. The first-order chi connectivity index (χ1) is 15.6. The van der Waals surface area contributed by atoms with Gasteiger partial charge >= 0.3 is 0 Å². The molecule has 0 saturated carbocycles. The minimum absolute atomic E-state index is 0.634. The second kappa shape index (κ2) is 10.5. The Hall–Kier alpha value is -2.05. The van der Waals surface area contributed by atoms with Crippen LogP contribution >= 0.6 is 0 Å². The molecule has 186 valence electrons. The molecule has 3 heterocycles. The van der Waals surface area contributed by atoms with Crippen LogP contribution < -0.4 is 5.32 Å². The van der Waals surface area contributed by atoms with Gasteiger partial charge in [0.2, 0.25) is 5.91 Å². The molecule has 0 aromatic heterocycles. The topological polar surface area (TPSA) is 236 Å².